The van der Waals surface area contributed by atoms with E-state index in [9.17, 15) is 9.18 Å². The Morgan fingerprint density at radius 1 is 1.20 bits per heavy atom. The van der Waals surface area contributed by atoms with E-state index in [4.69, 9.17) is 0 Å². The zero-order chi connectivity index (χ0) is 14.1. The van der Waals surface area contributed by atoms with E-state index in [-0.39, 0.29) is 11.7 Å². The summed E-state index contributed by atoms with van der Waals surface area (Å²) in [6.07, 6.45) is 0. The Balaban J connectivity index is 1.79. The van der Waals surface area contributed by atoms with Crippen molar-refractivity contribution < 1.29 is 9.18 Å². The molecule has 1 heterocycles. The van der Waals surface area contributed by atoms with Crippen LogP contribution in [0.2, 0.25) is 0 Å². The minimum Gasteiger partial charge on any atom is -0.324 e. The van der Waals surface area contributed by atoms with Crippen molar-refractivity contribution in [3.05, 3.63) is 63.9 Å². The van der Waals surface area contributed by atoms with Crippen molar-refractivity contribution in [1.29, 1.82) is 0 Å². The Morgan fingerprint density at radius 2 is 1.95 bits per heavy atom. The minimum atomic E-state index is -0.398. The normalized spacial score (nSPS) is 16.9. The van der Waals surface area contributed by atoms with Crippen LogP contribution in [0.5, 0.6) is 0 Å². The Labute approximate surface area is 124 Å². The Bertz CT molecular complexity index is 657. The Hall–Kier alpha value is -1.72. The smallest absolute Gasteiger partial charge is 0.246 e. The van der Waals surface area contributed by atoms with Crippen LogP contribution in [0.4, 0.5) is 10.1 Å². The first-order chi connectivity index (χ1) is 9.65. The number of halogens is 2. The van der Waals surface area contributed by atoms with Gasteiger partial charge in [-0.25, -0.2) is 4.39 Å². The van der Waals surface area contributed by atoms with Gasteiger partial charge < -0.3 is 5.32 Å². The predicted octanol–water partition coefficient (Wildman–Crippen LogP) is 3.37. The summed E-state index contributed by atoms with van der Waals surface area (Å²) < 4.78 is 13.7. The van der Waals surface area contributed by atoms with E-state index in [0.29, 0.717) is 6.54 Å². The number of carbonyl (C=O) groups is 1. The summed E-state index contributed by atoms with van der Waals surface area (Å²) in [5.74, 6) is -0.338. The van der Waals surface area contributed by atoms with Crippen molar-refractivity contribution in [3.63, 3.8) is 0 Å². The van der Waals surface area contributed by atoms with Crippen LogP contribution in [-0.2, 0) is 11.3 Å². The first-order valence-corrected chi connectivity index (χ1v) is 7.01. The second-order valence-electron chi connectivity index (χ2n) is 4.63. The van der Waals surface area contributed by atoms with Crippen molar-refractivity contribution in [2.45, 2.75) is 12.6 Å². The summed E-state index contributed by atoms with van der Waals surface area (Å²) >= 11 is 3.47. The van der Waals surface area contributed by atoms with Gasteiger partial charge in [0.2, 0.25) is 5.91 Å². The molecule has 2 aromatic carbocycles. The molecule has 0 aromatic heterocycles. The van der Waals surface area contributed by atoms with Crippen LogP contribution in [0, 0.1) is 5.82 Å². The first-order valence-electron chi connectivity index (χ1n) is 6.22. The molecule has 1 amide bonds. The number of benzene rings is 2. The van der Waals surface area contributed by atoms with Crippen LogP contribution in [0.1, 0.15) is 17.2 Å². The minimum absolute atomic E-state index is 0.0750. The number of rotatable bonds is 3. The lowest BCUT2D eigenvalue weighted by atomic mass is 10.1. The first kappa shape index (κ1) is 13.3. The summed E-state index contributed by atoms with van der Waals surface area (Å²) in [5, 5.41) is 6.04. The highest BCUT2D eigenvalue weighted by Crippen LogP contribution is 2.36. The van der Waals surface area contributed by atoms with Crippen molar-refractivity contribution in [2.24, 2.45) is 0 Å². The molecule has 0 fully saturated rings. The number of nitrogens with one attached hydrogen (secondary N) is 2. The van der Waals surface area contributed by atoms with Gasteiger partial charge in [-0.15, -0.1) is 0 Å². The zero-order valence-corrected chi connectivity index (χ0v) is 12.1. The van der Waals surface area contributed by atoms with Crippen LogP contribution in [0.15, 0.2) is 46.9 Å². The van der Waals surface area contributed by atoms with Crippen LogP contribution in [0.3, 0.4) is 0 Å². The van der Waals surface area contributed by atoms with E-state index in [1.807, 2.05) is 18.2 Å². The van der Waals surface area contributed by atoms with E-state index in [0.717, 1.165) is 21.3 Å². The van der Waals surface area contributed by atoms with Gasteiger partial charge in [-0.3, -0.25) is 10.1 Å². The second kappa shape index (κ2) is 5.34. The van der Waals surface area contributed by atoms with Crippen molar-refractivity contribution in [1.82, 2.24) is 5.32 Å². The topological polar surface area (TPSA) is 41.1 Å². The molecule has 1 unspecified atom stereocenters. The maximum atomic E-state index is 12.8. The third-order valence-electron chi connectivity index (χ3n) is 3.29. The molecule has 0 saturated carbocycles. The largest absolute Gasteiger partial charge is 0.324 e. The summed E-state index contributed by atoms with van der Waals surface area (Å²) in [6.45, 7) is 0.499. The highest BCUT2D eigenvalue weighted by molar-refractivity contribution is 9.10. The van der Waals surface area contributed by atoms with Crippen molar-refractivity contribution >= 4 is 27.5 Å². The van der Waals surface area contributed by atoms with Gasteiger partial charge in [0.25, 0.3) is 0 Å². The molecule has 20 heavy (non-hydrogen) atoms. The molecular formula is C15H12BrFN2O. The van der Waals surface area contributed by atoms with E-state index in [1.54, 1.807) is 12.1 Å². The van der Waals surface area contributed by atoms with Crippen molar-refractivity contribution in [2.75, 3.05) is 5.32 Å². The molecule has 2 N–H and O–H groups in total. The lowest BCUT2D eigenvalue weighted by Crippen LogP contribution is -2.27. The number of carbonyl (C=O) groups excluding carboxylic acids is 1. The molecule has 3 rings (SSSR count). The summed E-state index contributed by atoms with van der Waals surface area (Å²) in [6, 6.07) is 11.5. The molecule has 5 heteroatoms. The average molecular weight is 335 g/mol. The van der Waals surface area contributed by atoms with Crippen LogP contribution < -0.4 is 10.6 Å². The number of amides is 1. The lowest BCUT2D eigenvalue weighted by Gasteiger charge is -2.12. The number of anilines is 1. The average Bonchev–Trinajstić information content (AvgIpc) is 2.75. The van der Waals surface area contributed by atoms with E-state index in [2.05, 4.69) is 26.6 Å². The van der Waals surface area contributed by atoms with E-state index < -0.39 is 6.04 Å². The zero-order valence-electron chi connectivity index (χ0n) is 10.5. The van der Waals surface area contributed by atoms with Crippen LogP contribution in [0.25, 0.3) is 0 Å². The predicted molar refractivity (Wildman–Crippen MR) is 78.8 cm³/mol. The summed E-state index contributed by atoms with van der Waals surface area (Å²) in [7, 11) is 0. The number of fused-ring (bicyclic) bond motifs is 1. The maximum Gasteiger partial charge on any atom is 0.246 e. The lowest BCUT2D eigenvalue weighted by molar-refractivity contribution is -0.117. The van der Waals surface area contributed by atoms with Gasteiger partial charge in [-0.1, -0.05) is 34.1 Å². The van der Waals surface area contributed by atoms with Crippen LogP contribution in [-0.4, -0.2) is 5.91 Å². The van der Waals surface area contributed by atoms with Gasteiger partial charge in [0.15, 0.2) is 0 Å². The molecule has 0 radical (unpaired) electrons. The fourth-order valence-electron chi connectivity index (χ4n) is 2.29. The Kier molecular flexibility index (Phi) is 3.54. The van der Waals surface area contributed by atoms with E-state index in [1.165, 1.54) is 12.1 Å². The highest BCUT2D eigenvalue weighted by Gasteiger charge is 2.31. The Morgan fingerprint density at radius 3 is 2.70 bits per heavy atom. The molecule has 1 aliphatic rings. The van der Waals surface area contributed by atoms with Crippen molar-refractivity contribution in [3.8, 4) is 0 Å². The highest BCUT2D eigenvalue weighted by atomic mass is 79.9. The van der Waals surface area contributed by atoms with Gasteiger partial charge in [-0.2, -0.15) is 0 Å². The van der Waals surface area contributed by atoms with Gasteiger partial charge in [0, 0.05) is 22.3 Å². The third kappa shape index (κ3) is 2.46. The standard InChI is InChI=1S/C15H12BrFN2O/c16-11-2-1-3-12-13(11)14(15(20)19-12)18-8-9-4-6-10(17)7-5-9/h1-7,14,18H,8H2,(H,19,20). The van der Waals surface area contributed by atoms with Gasteiger partial charge in [0.1, 0.15) is 11.9 Å². The fraction of sp³-hybridized carbons (Fsp3) is 0.133. The SMILES string of the molecule is O=C1Nc2cccc(Br)c2C1NCc1ccc(F)cc1. The van der Waals surface area contributed by atoms with Gasteiger partial charge in [-0.05, 0) is 29.8 Å². The number of hydrogen-bond acceptors (Lipinski definition) is 2. The molecule has 1 aliphatic heterocycles. The molecular weight excluding hydrogens is 323 g/mol. The maximum absolute atomic E-state index is 12.8. The molecule has 0 spiro atoms. The molecule has 0 bridgehead atoms. The monoisotopic (exact) mass is 334 g/mol. The molecule has 0 aliphatic carbocycles. The van der Waals surface area contributed by atoms with Crippen LogP contribution >= 0.6 is 15.9 Å². The van der Waals surface area contributed by atoms with Gasteiger partial charge in [0.05, 0.1) is 0 Å². The fourth-order valence-corrected chi connectivity index (χ4v) is 2.89. The summed E-state index contributed by atoms with van der Waals surface area (Å²) in [5.41, 5.74) is 2.67. The molecule has 0 saturated heterocycles. The third-order valence-corrected chi connectivity index (χ3v) is 3.98. The number of hydrogen-bond donors (Lipinski definition) is 2. The quantitative estimate of drug-likeness (QED) is 0.903. The summed E-state index contributed by atoms with van der Waals surface area (Å²) in [4.78, 5) is 12.0. The molecule has 3 nitrogen and oxygen atoms in total. The molecule has 1 atom stereocenters. The second-order valence-corrected chi connectivity index (χ2v) is 5.49. The molecule has 2 aromatic rings. The molecule has 102 valence electrons. The van der Waals surface area contributed by atoms with E-state index >= 15 is 0 Å². The van der Waals surface area contributed by atoms with Gasteiger partial charge >= 0.3 is 0 Å².